The van der Waals surface area contributed by atoms with Gasteiger partial charge < -0.3 is 10.4 Å². The summed E-state index contributed by atoms with van der Waals surface area (Å²) in [5, 5.41) is 11.4. The monoisotopic (exact) mass is 264 g/mol. The Hall–Kier alpha value is -1.88. The Morgan fingerprint density at radius 3 is 2.37 bits per heavy atom. The molecular weight excluding hydrogens is 244 g/mol. The molecule has 0 aliphatic heterocycles. The SMILES string of the molecule is CCN(C)C(C(=O)NC(C)C(=O)O)c1ccccc1. The third-order valence-electron chi connectivity index (χ3n) is 3.03. The van der Waals surface area contributed by atoms with Gasteiger partial charge in [-0.05, 0) is 26.1 Å². The van der Waals surface area contributed by atoms with Crippen molar-refractivity contribution < 1.29 is 14.7 Å². The van der Waals surface area contributed by atoms with Crippen molar-refractivity contribution in [3.05, 3.63) is 35.9 Å². The Bertz CT molecular complexity index is 434. The quantitative estimate of drug-likeness (QED) is 0.811. The molecule has 2 atom stereocenters. The van der Waals surface area contributed by atoms with Crippen LogP contribution in [0.5, 0.6) is 0 Å². The summed E-state index contributed by atoms with van der Waals surface area (Å²) in [5.74, 6) is -1.34. The number of amides is 1. The molecule has 0 saturated carbocycles. The van der Waals surface area contributed by atoms with E-state index in [-0.39, 0.29) is 5.91 Å². The second kappa shape index (κ2) is 6.89. The Morgan fingerprint density at radius 1 is 1.32 bits per heavy atom. The highest BCUT2D eigenvalue weighted by Gasteiger charge is 2.26. The molecule has 0 aliphatic carbocycles. The van der Waals surface area contributed by atoms with E-state index in [0.717, 1.165) is 5.56 Å². The average molecular weight is 264 g/mol. The zero-order chi connectivity index (χ0) is 14.4. The van der Waals surface area contributed by atoms with E-state index >= 15 is 0 Å². The highest BCUT2D eigenvalue weighted by molar-refractivity contribution is 5.87. The van der Waals surface area contributed by atoms with Crippen LogP contribution in [-0.4, -0.2) is 41.5 Å². The van der Waals surface area contributed by atoms with Gasteiger partial charge in [-0.15, -0.1) is 0 Å². The van der Waals surface area contributed by atoms with E-state index in [0.29, 0.717) is 6.54 Å². The Labute approximate surface area is 113 Å². The summed E-state index contributed by atoms with van der Waals surface area (Å²) in [6, 6.07) is 7.95. The Morgan fingerprint density at radius 2 is 1.89 bits per heavy atom. The van der Waals surface area contributed by atoms with Gasteiger partial charge in [-0.25, -0.2) is 0 Å². The molecule has 2 N–H and O–H groups in total. The van der Waals surface area contributed by atoms with Crippen LogP contribution in [0.3, 0.4) is 0 Å². The molecule has 19 heavy (non-hydrogen) atoms. The third-order valence-corrected chi connectivity index (χ3v) is 3.03. The molecule has 0 aromatic heterocycles. The first-order valence-corrected chi connectivity index (χ1v) is 6.25. The van der Waals surface area contributed by atoms with Gasteiger partial charge >= 0.3 is 5.97 Å². The van der Waals surface area contributed by atoms with E-state index in [4.69, 9.17) is 5.11 Å². The average Bonchev–Trinajstić information content (AvgIpc) is 2.39. The van der Waals surface area contributed by atoms with Gasteiger partial charge in [-0.1, -0.05) is 37.3 Å². The second-order valence-electron chi connectivity index (χ2n) is 4.45. The summed E-state index contributed by atoms with van der Waals surface area (Å²) in [6.45, 7) is 4.09. The van der Waals surface area contributed by atoms with Crippen molar-refractivity contribution >= 4 is 11.9 Å². The number of carbonyl (C=O) groups excluding carboxylic acids is 1. The minimum Gasteiger partial charge on any atom is -0.480 e. The lowest BCUT2D eigenvalue weighted by molar-refractivity contribution is -0.142. The van der Waals surface area contributed by atoms with Crippen molar-refractivity contribution in [3.63, 3.8) is 0 Å². The molecule has 1 aromatic rings. The maximum atomic E-state index is 12.2. The summed E-state index contributed by atoms with van der Waals surface area (Å²) >= 11 is 0. The lowest BCUT2D eigenvalue weighted by Gasteiger charge is -2.27. The standard InChI is InChI=1S/C14H20N2O3/c1-4-16(3)12(11-8-6-5-7-9-11)13(17)15-10(2)14(18)19/h5-10,12H,4H2,1-3H3,(H,15,17)(H,18,19). The van der Waals surface area contributed by atoms with Gasteiger partial charge in [-0.2, -0.15) is 0 Å². The van der Waals surface area contributed by atoms with Crippen LogP contribution < -0.4 is 5.32 Å². The number of benzene rings is 1. The number of nitrogens with zero attached hydrogens (tertiary/aromatic N) is 1. The summed E-state index contributed by atoms with van der Waals surface area (Å²) in [5.41, 5.74) is 0.849. The first kappa shape index (κ1) is 15.2. The van der Waals surface area contributed by atoms with Gasteiger partial charge in [0.2, 0.25) is 5.91 Å². The van der Waals surface area contributed by atoms with Crippen LogP contribution >= 0.6 is 0 Å². The number of hydrogen-bond acceptors (Lipinski definition) is 3. The molecule has 1 amide bonds. The van der Waals surface area contributed by atoms with Gasteiger partial charge in [0.15, 0.2) is 0 Å². The normalized spacial score (nSPS) is 13.9. The number of likely N-dealkylation sites (N-methyl/N-ethyl adjacent to an activating group) is 1. The van der Waals surface area contributed by atoms with Crippen LogP contribution in [0.1, 0.15) is 25.5 Å². The first-order valence-electron chi connectivity index (χ1n) is 6.25. The van der Waals surface area contributed by atoms with E-state index in [1.54, 1.807) is 0 Å². The fraction of sp³-hybridized carbons (Fsp3) is 0.429. The predicted molar refractivity (Wildman–Crippen MR) is 72.7 cm³/mol. The van der Waals surface area contributed by atoms with Crippen LogP contribution in [0.25, 0.3) is 0 Å². The van der Waals surface area contributed by atoms with Gasteiger partial charge in [0.05, 0.1) is 0 Å². The predicted octanol–water partition coefficient (Wildman–Crippen LogP) is 1.27. The number of carboxylic acid groups (broad SMARTS) is 1. The van der Waals surface area contributed by atoms with E-state index in [1.807, 2.05) is 49.2 Å². The molecule has 1 aromatic carbocycles. The van der Waals surface area contributed by atoms with Crippen molar-refractivity contribution in [1.29, 1.82) is 0 Å². The second-order valence-corrected chi connectivity index (χ2v) is 4.45. The van der Waals surface area contributed by atoms with E-state index in [2.05, 4.69) is 5.32 Å². The van der Waals surface area contributed by atoms with E-state index in [1.165, 1.54) is 6.92 Å². The summed E-state index contributed by atoms with van der Waals surface area (Å²) in [7, 11) is 1.84. The third kappa shape index (κ3) is 4.06. The van der Waals surface area contributed by atoms with Crippen molar-refractivity contribution in [1.82, 2.24) is 10.2 Å². The lowest BCUT2D eigenvalue weighted by Crippen LogP contribution is -2.45. The zero-order valence-corrected chi connectivity index (χ0v) is 11.5. The molecule has 2 unspecified atom stereocenters. The maximum Gasteiger partial charge on any atom is 0.325 e. The minimum atomic E-state index is -1.04. The molecule has 0 bridgehead atoms. The summed E-state index contributed by atoms with van der Waals surface area (Å²) in [6.07, 6.45) is 0. The highest BCUT2D eigenvalue weighted by Crippen LogP contribution is 2.19. The molecule has 0 saturated heterocycles. The fourth-order valence-corrected chi connectivity index (χ4v) is 1.78. The number of rotatable bonds is 6. The first-order chi connectivity index (χ1) is 8.97. The molecule has 104 valence electrons. The molecule has 0 heterocycles. The van der Waals surface area contributed by atoms with Crippen molar-refractivity contribution in [3.8, 4) is 0 Å². The molecule has 0 fully saturated rings. The van der Waals surface area contributed by atoms with Crippen LogP contribution in [0.4, 0.5) is 0 Å². The van der Waals surface area contributed by atoms with Gasteiger partial charge in [0.1, 0.15) is 12.1 Å². The number of hydrogen-bond donors (Lipinski definition) is 2. The van der Waals surface area contributed by atoms with Crippen LogP contribution in [0.15, 0.2) is 30.3 Å². The lowest BCUT2D eigenvalue weighted by atomic mass is 10.0. The molecular formula is C14H20N2O3. The number of carbonyl (C=O) groups is 2. The topological polar surface area (TPSA) is 69.6 Å². The number of carboxylic acids is 1. The Balaban J connectivity index is 2.92. The smallest absolute Gasteiger partial charge is 0.325 e. The largest absolute Gasteiger partial charge is 0.480 e. The van der Waals surface area contributed by atoms with Crippen molar-refractivity contribution in [2.24, 2.45) is 0 Å². The summed E-state index contributed by atoms with van der Waals surface area (Å²) < 4.78 is 0. The van der Waals surface area contributed by atoms with Crippen molar-refractivity contribution in [2.75, 3.05) is 13.6 Å². The van der Waals surface area contributed by atoms with E-state index < -0.39 is 18.1 Å². The number of nitrogens with one attached hydrogen (secondary N) is 1. The zero-order valence-electron chi connectivity index (χ0n) is 11.5. The van der Waals surface area contributed by atoms with Crippen molar-refractivity contribution in [2.45, 2.75) is 25.9 Å². The van der Waals surface area contributed by atoms with Gasteiger partial charge in [-0.3, -0.25) is 14.5 Å². The minimum absolute atomic E-state index is 0.301. The maximum absolute atomic E-state index is 12.2. The molecule has 5 heteroatoms. The fourth-order valence-electron chi connectivity index (χ4n) is 1.78. The van der Waals surface area contributed by atoms with E-state index in [9.17, 15) is 9.59 Å². The van der Waals surface area contributed by atoms with Crippen LogP contribution in [0.2, 0.25) is 0 Å². The van der Waals surface area contributed by atoms with Gasteiger partial charge in [0, 0.05) is 0 Å². The molecule has 0 radical (unpaired) electrons. The van der Waals surface area contributed by atoms with Gasteiger partial charge in [0.25, 0.3) is 0 Å². The van der Waals surface area contributed by atoms with Crippen LogP contribution in [0, 0.1) is 0 Å². The molecule has 0 spiro atoms. The Kier molecular flexibility index (Phi) is 5.51. The molecule has 1 rings (SSSR count). The number of aliphatic carboxylic acids is 1. The van der Waals surface area contributed by atoms with Crippen LogP contribution in [-0.2, 0) is 9.59 Å². The molecule has 0 aliphatic rings. The highest BCUT2D eigenvalue weighted by atomic mass is 16.4. The molecule has 5 nitrogen and oxygen atoms in total. The summed E-state index contributed by atoms with van der Waals surface area (Å²) in [4.78, 5) is 24.9.